The summed E-state index contributed by atoms with van der Waals surface area (Å²) in [5, 5.41) is 0. The topological polar surface area (TPSA) is 56.2 Å². The third-order valence-electron chi connectivity index (χ3n) is 2.24. The molecule has 1 aromatic carbocycles. The van der Waals surface area contributed by atoms with Gasteiger partial charge in [-0.1, -0.05) is 0 Å². The van der Waals surface area contributed by atoms with E-state index in [1.54, 1.807) is 6.07 Å². The van der Waals surface area contributed by atoms with Crippen LogP contribution in [0.4, 0.5) is 8.78 Å². The van der Waals surface area contributed by atoms with Gasteiger partial charge >= 0.3 is 0 Å². The minimum absolute atomic E-state index is 0.148. The van der Waals surface area contributed by atoms with Gasteiger partial charge in [0.25, 0.3) is 0 Å². The molecule has 0 aliphatic rings. The van der Waals surface area contributed by atoms with Gasteiger partial charge in [0.15, 0.2) is 0 Å². The summed E-state index contributed by atoms with van der Waals surface area (Å²) >= 11 is 0. The Bertz CT molecular complexity index is 617. The molecule has 0 radical (unpaired) electrons. The molecule has 1 amide bonds. The first kappa shape index (κ1) is 12.0. The van der Waals surface area contributed by atoms with E-state index in [1.165, 1.54) is 18.2 Å². The highest BCUT2D eigenvalue weighted by Gasteiger charge is 2.09. The van der Waals surface area contributed by atoms with Gasteiger partial charge in [0.05, 0.1) is 5.56 Å². The lowest BCUT2D eigenvalue weighted by Gasteiger charge is -1.98. The van der Waals surface area contributed by atoms with Crippen LogP contribution in [0.25, 0.3) is 17.4 Å². The number of furan rings is 1. The van der Waals surface area contributed by atoms with Crippen LogP contribution in [-0.2, 0) is 4.79 Å². The van der Waals surface area contributed by atoms with Gasteiger partial charge in [-0.15, -0.1) is 0 Å². The normalized spacial score (nSPS) is 11.0. The number of rotatable bonds is 3. The number of hydrogen-bond acceptors (Lipinski definition) is 2. The van der Waals surface area contributed by atoms with Crippen LogP contribution >= 0.6 is 0 Å². The molecule has 0 aliphatic heterocycles. The average molecular weight is 249 g/mol. The molecule has 92 valence electrons. The van der Waals surface area contributed by atoms with Crippen LogP contribution in [0.1, 0.15) is 5.76 Å². The second-order valence-electron chi connectivity index (χ2n) is 3.56. The second-order valence-corrected chi connectivity index (χ2v) is 3.56. The molecule has 2 rings (SSSR count). The number of primary amides is 1. The fourth-order valence-electron chi connectivity index (χ4n) is 1.44. The maximum atomic E-state index is 13.5. The van der Waals surface area contributed by atoms with E-state index in [0.29, 0.717) is 5.76 Å². The molecule has 2 aromatic rings. The Labute approximate surface area is 102 Å². The van der Waals surface area contributed by atoms with Gasteiger partial charge in [0.2, 0.25) is 5.91 Å². The molecule has 0 bridgehead atoms. The quantitative estimate of drug-likeness (QED) is 0.850. The lowest BCUT2D eigenvalue weighted by molar-refractivity contribution is -0.113. The van der Waals surface area contributed by atoms with Crippen molar-refractivity contribution in [2.75, 3.05) is 0 Å². The molecule has 0 unspecified atom stereocenters. The maximum Gasteiger partial charge on any atom is 0.241 e. The minimum atomic E-state index is -0.713. The first-order valence-electron chi connectivity index (χ1n) is 5.09. The highest BCUT2D eigenvalue weighted by Crippen LogP contribution is 2.25. The Morgan fingerprint density at radius 3 is 2.67 bits per heavy atom. The van der Waals surface area contributed by atoms with Crippen LogP contribution in [0.15, 0.2) is 40.8 Å². The largest absolute Gasteiger partial charge is 0.457 e. The van der Waals surface area contributed by atoms with E-state index in [2.05, 4.69) is 0 Å². The van der Waals surface area contributed by atoms with Crippen molar-refractivity contribution in [1.29, 1.82) is 0 Å². The van der Waals surface area contributed by atoms with E-state index in [9.17, 15) is 13.6 Å². The fraction of sp³-hybridized carbons (Fsp3) is 0. The summed E-state index contributed by atoms with van der Waals surface area (Å²) in [5.41, 5.74) is 5.08. The highest BCUT2D eigenvalue weighted by molar-refractivity contribution is 5.89. The zero-order valence-corrected chi connectivity index (χ0v) is 9.19. The Morgan fingerprint density at radius 1 is 1.22 bits per heavy atom. The van der Waals surface area contributed by atoms with Gasteiger partial charge in [-0.2, -0.15) is 0 Å². The van der Waals surface area contributed by atoms with Gasteiger partial charge in [-0.25, -0.2) is 8.78 Å². The van der Waals surface area contributed by atoms with Gasteiger partial charge in [0.1, 0.15) is 23.2 Å². The smallest absolute Gasteiger partial charge is 0.241 e. The molecule has 0 saturated carbocycles. The zero-order chi connectivity index (χ0) is 13.1. The first-order chi connectivity index (χ1) is 8.56. The summed E-state index contributed by atoms with van der Waals surface area (Å²) < 4.78 is 31.5. The molecule has 0 aliphatic carbocycles. The maximum absolute atomic E-state index is 13.5. The Balaban J connectivity index is 2.32. The predicted molar refractivity (Wildman–Crippen MR) is 62.3 cm³/mol. The molecule has 18 heavy (non-hydrogen) atoms. The van der Waals surface area contributed by atoms with Gasteiger partial charge in [0, 0.05) is 12.1 Å². The fourth-order valence-corrected chi connectivity index (χ4v) is 1.44. The summed E-state index contributed by atoms with van der Waals surface area (Å²) in [6.45, 7) is 0. The van der Waals surface area contributed by atoms with Crippen molar-refractivity contribution in [1.82, 2.24) is 0 Å². The third kappa shape index (κ3) is 2.63. The standard InChI is InChI=1S/C13H9F2NO2/c14-8-1-4-10(11(15)7-8)12-5-2-9(18-12)3-6-13(16)17/h1-7H,(H2,16,17)/b6-3-. The van der Waals surface area contributed by atoms with E-state index >= 15 is 0 Å². The molecule has 2 N–H and O–H groups in total. The number of halogens is 2. The van der Waals surface area contributed by atoms with Crippen molar-refractivity contribution >= 4 is 12.0 Å². The second kappa shape index (κ2) is 4.83. The Hall–Kier alpha value is -2.43. The van der Waals surface area contributed by atoms with E-state index in [1.807, 2.05) is 0 Å². The molecule has 0 fully saturated rings. The molecule has 1 aromatic heterocycles. The van der Waals surface area contributed by atoms with Crippen molar-refractivity contribution in [2.45, 2.75) is 0 Å². The van der Waals surface area contributed by atoms with Gasteiger partial charge < -0.3 is 10.2 Å². The number of nitrogens with two attached hydrogens (primary N) is 1. The van der Waals surface area contributed by atoms with Crippen molar-refractivity contribution in [2.24, 2.45) is 5.73 Å². The van der Waals surface area contributed by atoms with E-state index < -0.39 is 17.5 Å². The van der Waals surface area contributed by atoms with Crippen molar-refractivity contribution < 1.29 is 18.0 Å². The summed E-state index contributed by atoms with van der Waals surface area (Å²) in [7, 11) is 0. The molecular formula is C13H9F2NO2. The summed E-state index contributed by atoms with van der Waals surface area (Å²) in [6.07, 6.45) is 2.50. The van der Waals surface area contributed by atoms with Crippen LogP contribution < -0.4 is 5.73 Å². The molecule has 3 nitrogen and oxygen atoms in total. The van der Waals surface area contributed by atoms with Crippen molar-refractivity contribution in [3.63, 3.8) is 0 Å². The Kier molecular flexibility index (Phi) is 3.23. The number of carbonyl (C=O) groups is 1. The highest BCUT2D eigenvalue weighted by atomic mass is 19.1. The number of amides is 1. The molecule has 1 heterocycles. The lowest BCUT2D eigenvalue weighted by atomic mass is 10.1. The summed E-state index contributed by atoms with van der Waals surface area (Å²) in [6, 6.07) is 6.27. The van der Waals surface area contributed by atoms with Crippen molar-refractivity contribution in [3.8, 4) is 11.3 Å². The predicted octanol–water partition coefficient (Wildman–Crippen LogP) is 2.72. The van der Waals surface area contributed by atoms with Gasteiger partial charge in [-0.3, -0.25) is 4.79 Å². The minimum Gasteiger partial charge on any atom is -0.457 e. The van der Waals surface area contributed by atoms with Crippen LogP contribution in [0.2, 0.25) is 0 Å². The average Bonchev–Trinajstić information content (AvgIpc) is 2.75. The van der Waals surface area contributed by atoms with E-state index in [4.69, 9.17) is 10.2 Å². The van der Waals surface area contributed by atoms with Crippen LogP contribution in [0.3, 0.4) is 0 Å². The molecular weight excluding hydrogens is 240 g/mol. The van der Waals surface area contributed by atoms with Crippen LogP contribution in [0, 0.1) is 11.6 Å². The number of benzene rings is 1. The molecule has 0 saturated heterocycles. The SMILES string of the molecule is NC(=O)/C=C\c1ccc(-c2ccc(F)cc2F)o1. The first-order valence-corrected chi connectivity index (χ1v) is 5.09. The summed E-state index contributed by atoms with van der Waals surface area (Å²) in [5.74, 6) is -1.38. The lowest BCUT2D eigenvalue weighted by Crippen LogP contribution is -2.04. The van der Waals surface area contributed by atoms with Gasteiger partial charge in [-0.05, 0) is 30.3 Å². The summed E-state index contributed by atoms with van der Waals surface area (Å²) in [4.78, 5) is 10.5. The van der Waals surface area contributed by atoms with E-state index in [-0.39, 0.29) is 11.3 Å². The zero-order valence-electron chi connectivity index (χ0n) is 9.19. The monoisotopic (exact) mass is 249 g/mol. The molecule has 0 atom stereocenters. The molecule has 0 spiro atoms. The van der Waals surface area contributed by atoms with E-state index in [0.717, 1.165) is 18.2 Å². The van der Waals surface area contributed by atoms with Crippen molar-refractivity contribution in [3.05, 3.63) is 53.8 Å². The number of carbonyl (C=O) groups excluding carboxylic acids is 1. The number of hydrogen-bond donors (Lipinski definition) is 1. The molecule has 5 heteroatoms. The Morgan fingerprint density at radius 2 is 2.00 bits per heavy atom. The van der Waals surface area contributed by atoms with Crippen LogP contribution in [-0.4, -0.2) is 5.91 Å². The van der Waals surface area contributed by atoms with Crippen LogP contribution in [0.5, 0.6) is 0 Å². The third-order valence-corrected chi connectivity index (χ3v) is 2.24.